The van der Waals surface area contributed by atoms with Crippen LogP contribution in [0.15, 0.2) is 24.3 Å². The normalized spacial score (nSPS) is 11.1. The molecule has 0 saturated carbocycles. The van der Waals surface area contributed by atoms with Crippen LogP contribution >= 0.6 is 11.6 Å². The number of rotatable bonds is 2. The van der Waals surface area contributed by atoms with E-state index in [0.717, 1.165) is 11.7 Å². The summed E-state index contributed by atoms with van der Waals surface area (Å²) in [7, 11) is 0. The number of nitrogens with two attached hydrogens (primary N) is 1. The summed E-state index contributed by atoms with van der Waals surface area (Å²) < 4.78 is 2.06. The van der Waals surface area contributed by atoms with Gasteiger partial charge in [-0.15, -0.1) is 0 Å². The van der Waals surface area contributed by atoms with Crippen LogP contribution in [0, 0.1) is 6.92 Å². The summed E-state index contributed by atoms with van der Waals surface area (Å²) >= 11 is 6.13. The van der Waals surface area contributed by atoms with Crippen molar-refractivity contribution >= 4 is 22.5 Å². The van der Waals surface area contributed by atoms with Crippen molar-refractivity contribution in [3.63, 3.8) is 0 Å². The van der Waals surface area contributed by atoms with Gasteiger partial charge in [-0.3, -0.25) is 0 Å². The molecule has 1 heterocycles. The van der Waals surface area contributed by atoms with Crippen LogP contribution in [-0.2, 0) is 6.54 Å². The van der Waals surface area contributed by atoms with Crippen LogP contribution in [0.4, 0.5) is 0 Å². The lowest BCUT2D eigenvalue weighted by Gasteiger charge is -2.06. The van der Waals surface area contributed by atoms with E-state index in [2.05, 4.69) is 23.6 Å². The van der Waals surface area contributed by atoms with Crippen LogP contribution in [0.2, 0.25) is 5.15 Å². The molecule has 2 nitrogen and oxygen atoms in total. The van der Waals surface area contributed by atoms with E-state index < -0.39 is 0 Å². The lowest BCUT2D eigenvalue weighted by molar-refractivity contribution is 0.735. The quantitative estimate of drug-likeness (QED) is 0.808. The minimum absolute atomic E-state index is 0.609. The Morgan fingerprint density at radius 2 is 2.21 bits per heavy atom. The van der Waals surface area contributed by atoms with Crippen LogP contribution < -0.4 is 5.73 Å². The Labute approximate surface area is 88.3 Å². The molecule has 74 valence electrons. The van der Waals surface area contributed by atoms with E-state index in [4.69, 9.17) is 17.3 Å². The molecule has 2 N–H and O–H groups in total. The number of nitrogens with zero attached hydrogens (tertiary/aromatic N) is 1. The Kier molecular flexibility index (Phi) is 2.48. The van der Waals surface area contributed by atoms with Crippen molar-refractivity contribution in [1.29, 1.82) is 0 Å². The van der Waals surface area contributed by atoms with Crippen molar-refractivity contribution in [1.82, 2.24) is 4.57 Å². The zero-order valence-corrected chi connectivity index (χ0v) is 8.88. The smallest absolute Gasteiger partial charge is 0.110 e. The lowest BCUT2D eigenvalue weighted by Crippen LogP contribution is -2.09. The fraction of sp³-hybridized carbons (Fsp3) is 0.273. The average Bonchev–Trinajstić information content (AvgIpc) is 2.45. The molecular weight excluding hydrogens is 196 g/mol. The van der Waals surface area contributed by atoms with Crippen LogP contribution in [0.1, 0.15) is 5.56 Å². The van der Waals surface area contributed by atoms with E-state index >= 15 is 0 Å². The first-order chi connectivity index (χ1) is 6.74. The lowest BCUT2D eigenvalue weighted by atomic mass is 10.2. The van der Waals surface area contributed by atoms with E-state index in [1.165, 1.54) is 16.5 Å². The fourth-order valence-electron chi connectivity index (χ4n) is 1.83. The molecule has 3 heteroatoms. The molecule has 0 spiro atoms. The highest BCUT2D eigenvalue weighted by atomic mass is 35.5. The van der Waals surface area contributed by atoms with E-state index in [1.54, 1.807) is 0 Å². The first kappa shape index (κ1) is 9.56. The summed E-state index contributed by atoms with van der Waals surface area (Å²) in [5.41, 5.74) is 7.99. The molecule has 0 aliphatic carbocycles. The number of fused-ring (bicyclic) bond motifs is 1. The van der Waals surface area contributed by atoms with Gasteiger partial charge < -0.3 is 10.3 Å². The third-order valence-electron chi connectivity index (χ3n) is 2.42. The molecule has 0 unspecified atom stereocenters. The summed E-state index contributed by atoms with van der Waals surface area (Å²) in [4.78, 5) is 0. The highest BCUT2D eigenvalue weighted by Gasteiger charge is 2.07. The van der Waals surface area contributed by atoms with Gasteiger partial charge in [0.05, 0.1) is 5.52 Å². The van der Waals surface area contributed by atoms with Gasteiger partial charge in [-0.1, -0.05) is 29.8 Å². The second kappa shape index (κ2) is 3.64. The van der Waals surface area contributed by atoms with Crippen LogP contribution in [0.5, 0.6) is 0 Å². The molecule has 0 aliphatic rings. The van der Waals surface area contributed by atoms with E-state index in [1.807, 2.05) is 12.1 Å². The van der Waals surface area contributed by atoms with Crippen molar-refractivity contribution < 1.29 is 0 Å². The summed E-state index contributed by atoms with van der Waals surface area (Å²) in [6.45, 7) is 3.47. The second-order valence-corrected chi connectivity index (χ2v) is 3.81. The summed E-state index contributed by atoms with van der Waals surface area (Å²) in [6, 6.07) is 8.19. The van der Waals surface area contributed by atoms with Crippen LogP contribution in [0.3, 0.4) is 0 Å². The van der Waals surface area contributed by atoms with E-state index in [0.29, 0.717) is 6.54 Å². The predicted octanol–water partition coefficient (Wildman–Crippen LogP) is 2.56. The molecule has 0 atom stereocenters. The zero-order valence-electron chi connectivity index (χ0n) is 8.13. The Morgan fingerprint density at radius 3 is 2.93 bits per heavy atom. The molecule has 14 heavy (non-hydrogen) atoms. The first-order valence-corrected chi connectivity index (χ1v) is 5.06. The number of para-hydroxylation sites is 1. The predicted molar refractivity (Wildman–Crippen MR) is 60.7 cm³/mol. The van der Waals surface area contributed by atoms with E-state index in [9.17, 15) is 0 Å². The first-order valence-electron chi connectivity index (χ1n) is 4.68. The fourth-order valence-corrected chi connectivity index (χ4v) is 2.11. The van der Waals surface area contributed by atoms with Gasteiger partial charge in [0.15, 0.2) is 0 Å². The Bertz CT molecular complexity index is 460. The molecule has 0 amide bonds. The zero-order chi connectivity index (χ0) is 10.1. The van der Waals surface area contributed by atoms with Gasteiger partial charge in [-0.05, 0) is 18.6 Å². The standard InChI is InChI=1S/C11H13ClN2/c1-8-3-2-4-9-7-10(12)14(6-5-13)11(8)9/h2-4,7H,5-6,13H2,1H3. The minimum Gasteiger partial charge on any atom is -0.330 e. The Hall–Kier alpha value is -0.990. The largest absolute Gasteiger partial charge is 0.330 e. The topological polar surface area (TPSA) is 30.9 Å². The minimum atomic E-state index is 0.609. The average molecular weight is 209 g/mol. The molecule has 0 radical (unpaired) electrons. The molecule has 0 fully saturated rings. The van der Waals surface area contributed by atoms with Gasteiger partial charge in [-0.25, -0.2) is 0 Å². The number of aromatic nitrogens is 1. The SMILES string of the molecule is Cc1cccc2cc(Cl)n(CCN)c12. The number of halogens is 1. The molecule has 2 rings (SSSR count). The highest BCUT2D eigenvalue weighted by Crippen LogP contribution is 2.25. The molecule has 1 aromatic carbocycles. The summed E-state index contributed by atoms with van der Waals surface area (Å²) in [5, 5.41) is 1.95. The summed E-state index contributed by atoms with van der Waals surface area (Å²) in [6.07, 6.45) is 0. The van der Waals surface area contributed by atoms with Gasteiger partial charge in [0.1, 0.15) is 5.15 Å². The van der Waals surface area contributed by atoms with Gasteiger partial charge >= 0.3 is 0 Å². The molecule has 0 bridgehead atoms. The van der Waals surface area contributed by atoms with Gasteiger partial charge in [0.2, 0.25) is 0 Å². The molecule has 0 aliphatic heterocycles. The summed E-state index contributed by atoms with van der Waals surface area (Å²) in [5.74, 6) is 0. The van der Waals surface area contributed by atoms with Crippen molar-refractivity contribution in [2.75, 3.05) is 6.54 Å². The number of hydrogen-bond acceptors (Lipinski definition) is 1. The number of aryl methyl sites for hydroxylation is 1. The monoisotopic (exact) mass is 208 g/mol. The third kappa shape index (κ3) is 1.41. The maximum absolute atomic E-state index is 6.13. The molecule has 1 aromatic heterocycles. The van der Waals surface area contributed by atoms with Gasteiger partial charge in [0, 0.05) is 18.5 Å². The van der Waals surface area contributed by atoms with Crippen LogP contribution in [-0.4, -0.2) is 11.1 Å². The maximum atomic E-state index is 6.13. The third-order valence-corrected chi connectivity index (χ3v) is 2.74. The molecular formula is C11H13ClN2. The van der Waals surface area contributed by atoms with Crippen molar-refractivity contribution in [2.45, 2.75) is 13.5 Å². The Balaban J connectivity index is 2.73. The number of benzene rings is 1. The second-order valence-electron chi connectivity index (χ2n) is 3.42. The van der Waals surface area contributed by atoms with Gasteiger partial charge in [0.25, 0.3) is 0 Å². The molecule has 0 saturated heterocycles. The van der Waals surface area contributed by atoms with Crippen molar-refractivity contribution in [3.8, 4) is 0 Å². The van der Waals surface area contributed by atoms with E-state index in [-0.39, 0.29) is 0 Å². The van der Waals surface area contributed by atoms with Crippen LogP contribution in [0.25, 0.3) is 10.9 Å². The molecule has 2 aromatic rings. The number of hydrogen-bond donors (Lipinski definition) is 1. The van der Waals surface area contributed by atoms with Gasteiger partial charge in [-0.2, -0.15) is 0 Å². The van der Waals surface area contributed by atoms with Crippen molar-refractivity contribution in [2.24, 2.45) is 5.73 Å². The van der Waals surface area contributed by atoms with Crippen molar-refractivity contribution in [3.05, 3.63) is 35.0 Å². The maximum Gasteiger partial charge on any atom is 0.110 e. The highest BCUT2D eigenvalue weighted by molar-refractivity contribution is 6.31. The Morgan fingerprint density at radius 1 is 1.43 bits per heavy atom.